The van der Waals surface area contributed by atoms with E-state index in [1.165, 1.54) is 0 Å². The van der Waals surface area contributed by atoms with Crippen LogP contribution in [0.4, 0.5) is 0 Å². The summed E-state index contributed by atoms with van der Waals surface area (Å²) in [7, 11) is 1.63. The number of hydrogen-bond acceptors (Lipinski definition) is 3. The number of amides is 1. The summed E-state index contributed by atoms with van der Waals surface area (Å²) in [5.41, 5.74) is 5.31. The van der Waals surface area contributed by atoms with Crippen LogP contribution in [0.5, 0.6) is 0 Å². The van der Waals surface area contributed by atoms with Crippen LogP contribution in [0, 0.1) is 0 Å². The molecule has 0 spiro atoms. The van der Waals surface area contributed by atoms with Gasteiger partial charge in [-0.05, 0) is 13.3 Å². The van der Waals surface area contributed by atoms with Gasteiger partial charge in [-0.1, -0.05) is 0 Å². The molecule has 0 aromatic heterocycles. The van der Waals surface area contributed by atoms with Crippen molar-refractivity contribution in [2.45, 2.75) is 19.4 Å². The van der Waals surface area contributed by atoms with Crippen LogP contribution in [0.1, 0.15) is 13.3 Å². The molecule has 0 aliphatic carbocycles. The van der Waals surface area contributed by atoms with Crippen molar-refractivity contribution in [2.24, 2.45) is 5.73 Å². The summed E-state index contributed by atoms with van der Waals surface area (Å²) in [6.07, 6.45) is 0.828. The standard InChI is InChI=1S/C7H16N2O2.ClH/c1-6(8)7(10)9-4-3-5-11-2;/h6H,3-5,8H2,1-2H3,(H,9,10);1H. The van der Waals surface area contributed by atoms with E-state index in [9.17, 15) is 4.79 Å². The van der Waals surface area contributed by atoms with Crippen LogP contribution >= 0.6 is 12.4 Å². The maximum Gasteiger partial charge on any atom is 0.236 e. The lowest BCUT2D eigenvalue weighted by Gasteiger charge is -2.06. The summed E-state index contributed by atoms with van der Waals surface area (Å²) >= 11 is 0. The van der Waals surface area contributed by atoms with Crippen LogP contribution in [0.3, 0.4) is 0 Å². The van der Waals surface area contributed by atoms with Gasteiger partial charge >= 0.3 is 0 Å². The average molecular weight is 197 g/mol. The Kier molecular flexibility index (Phi) is 10.4. The summed E-state index contributed by atoms with van der Waals surface area (Å²) in [6, 6.07) is -0.419. The van der Waals surface area contributed by atoms with Gasteiger partial charge in [0.2, 0.25) is 5.91 Å². The SMILES string of the molecule is COCCCNC(=O)C(C)N.Cl. The average Bonchev–Trinajstić information content (AvgIpc) is 1.97. The zero-order valence-electron chi connectivity index (χ0n) is 7.50. The van der Waals surface area contributed by atoms with E-state index in [1.54, 1.807) is 14.0 Å². The normalized spacial score (nSPS) is 11.6. The summed E-state index contributed by atoms with van der Waals surface area (Å²) in [4.78, 5) is 10.8. The topological polar surface area (TPSA) is 64.3 Å². The molecule has 0 radical (unpaired) electrons. The lowest BCUT2D eigenvalue weighted by atomic mass is 10.3. The minimum Gasteiger partial charge on any atom is -0.385 e. The van der Waals surface area contributed by atoms with Gasteiger partial charge in [0.05, 0.1) is 6.04 Å². The first-order valence-corrected chi connectivity index (χ1v) is 3.70. The summed E-state index contributed by atoms with van der Waals surface area (Å²) < 4.78 is 4.80. The molecule has 12 heavy (non-hydrogen) atoms. The van der Waals surface area contributed by atoms with Gasteiger partial charge in [-0.25, -0.2) is 0 Å². The van der Waals surface area contributed by atoms with Gasteiger partial charge in [-0.15, -0.1) is 12.4 Å². The fraction of sp³-hybridized carbons (Fsp3) is 0.857. The van der Waals surface area contributed by atoms with Gasteiger partial charge in [-0.3, -0.25) is 4.79 Å². The second-order valence-corrected chi connectivity index (χ2v) is 2.43. The Morgan fingerprint density at radius 1 is 1.67 bits per heavy atom. The molecular formula is C7H17ClN2O2. The number of halogens is 1. The van der Waals surface area contributed by atoms with Crippen LogP contribution in [-0.2, 0) is 9.53 Å². The number of carbonyl (C=O) groups excluding carboxylic acids is 1. The van der Waals surface area contributed by atoms with Crippen molar-refractivity contribution in [1.29, 1.82) is 0 Å². The van der Waals surface area contributed by atoms with Gasteiger partial charge in [0.15, 0.2) is 0 Å². The van der Waals surface area contributed by atoms with E-state index < -0.39 is 6.04 Å². The van der Waals surface area contributed by atoms with Gasteiger partial charge in [0.1, 0.15) is 0 Å². The molecule has 5 heteroatoms. The molecule has 1 amide bonds. The van der Waals surface area contributed by atoms with Crippen molar-refractivity contribution < 1.29 is 9.53 Å². The van der Waals surface area contributed by atoms with E-state index in [-0.39, 0.29) is 18.3 Å². The van der Waals surface area contributed by atoms with E-state index in [1.807, 2.05) is 0 Å². The number of methoxy groups -OCH3 is 1. The Hall–Kier alpha value is -0.320. The molecule has 0 heterocycles. The van der Waals surface area contributed by atoms with Crippen molar-refractivity contribution in [3.8, 4) is 0 Å². The Balaban J connectivity index is 0. The minimum absolute atomic E-state index is 0. The molecule has 0 rings (SSSR count). The molecule has 1 unspecified atom stereocenters. The highest BCUT2D eigenvalue weighted by Gasteiger charge is 2.04. The first-order chi connectivity index (χ1) is 5.18. The van der Waals surface area contributed by atoms with Gasteiger partial charge in [0, 0.05) is 20.3 Å². The third-order valence-electron chi connectivity index (χ3n) is 1.24. The predicted octanol–water partition coefficient (Wildman–Crippen LogP) is -0.0919. The van der Waals surface area contributed by atoms with Crippen LogP contribution in [0.15, 0.2) is 0 Å². The summed E-state index contributed by atoms with van der Waals surface area (Å²) in [5, 5.41) is 2.67. The van der Waals surface area contributed by atoms with Crippen LogP contribution in [0.25, 0.3) is 0 Å². The fourth-order valence-corrected chi connectivity index (χ4v) is 0.589. The van der Waals surface area contributed by atoms with Crippen molar-refractivity contribution in [3.63, 3.8) is 0 Å². The number of carbonyl (C=O) groups is 1. The summed E-state index contributed by atoms with van der Waals surface area (Å²) in [6.45, 7) is 2.96. The Morgan fingerprint density at radius 3 is 2.67 bits per heavy atom. The number of nitrogens with two attached hydrogens (primary N) is 1. The van der Waals surface area contributed by atoms with E-state index in [0.717, 1.165) is 6.42 Å². The minimum atomic E-state index is -0.419. The van der Waals surface area contributed by atoms with E-state index in [4.69, 9.17) is 10.5 Å². The Labute approximate surface area is 79.2 Å². The molecule has 0 bridgehead atoms. The third-order valence-corrected chi connectivity index (χ3v) is 1.24. The molecule has 0 aromatic carbocycles. The monoisotopic (exact) mass is 196 g/mol. The van der Waals surface area contributed by atoms with E-state index >= 15 is 0 Å². The smallest absolute Gasteiger partial charge is 0.236 e. The van der Waals surface area contributed by atoms with Gasteiger partial charge in [-0.2, -0.15) is 0 Å². The third kappa shape index (κ3) is 7.78. The largest absolute Gasteiger partial charge is 0.385 e. The molecule has 0 aromatic rings. The highest BCUT2D eigenvalue weighted by Crippen LogP contribution is 1.79. The maximum absolute atomic E-state index is 10.8. The maximum atomic E-state index is 10.8. The molecule has 74 valence electrons. The number of rotatable bonds is 5. The highest BCUT2D eigenvalue weighted by atomic mass is 35.5. The fourth-order valence-electron chi connectivity index (χ4n) is 0.589. The molecule has 0 aliphatic rings. The summed E-state index contributed by atoms with van der Waals surface area (Å²) in [5.74, 6) is -0.110. The molecule has 0 aliphatic heterocycles. The first-order valence-electron chi connectivity index (χ1n) is 3.70. The Morgan fingerprint density at radius 2 is 2.25 bits per heavy atom. The first kappa shape index (κ1) is 14.2. The van der Waals surface area contributed by atoms with Gasteiger partial charge in [0.25, 0.3) is 0 Å². The molecule has 0 saturated carbocycles. The van der Waals surface area contributed by atoms with Crippen molar-refractivity contribution in [2.75, 3.05) is 20.3 Å². The van der Waals surface area contributed by atoms with E-state index in [0.29, 0.717) is 13.2 Å². The molecular weight excluding hydrogens is 180 g/mol. The molecule has 4 nitrogen and oxygen atoms in total. The quantitative estimate of drug-likeness (QED) is 0.604. The van der Waals surface area contributed by atoms with Gasteiger partial charge < -0.3 is 15.8 Å². The zero-order valence-corrected chi connectivity index (χ0v) is 8.32. The molecule has 0 fully saturated rings. The number of nitrogens with one attached hydrogen (secondary N) is 1. The van der Waals surface area contributed by atoms with Crippen LogP contribution in [0.2, 0.25) is 0 Å². The zero-order chi connectivity index (χ0) is 8.69. The number of ether oxygens (including phenoxy) is 1. The van der Waals surface area contributed by atoms with Crippen molar-refractivity contribution in [3.05, 3.63) is 0 Å². The Bertz CT molecular complexity index is 120. The van der Waals surface area contributed by atoms with Crippen LogP contribution in [-0.4, -0.2) is 32.2 Å². The predicted molar refractivity (Wildman–Crippen MR) is 50.4 cm³/mol. The van der Waals surface area contributed by atoms with Crippen LogP contribution < -0.4 is 11.1 Å². The molecule has 3 N–H and O–H groups in total. The molecule has 1 atom stereocenters. The second kappa shape index (κ2) is 8.77. The lowest BCUT2D eigenvalue weighted by molar-refractivity contribution is -0.122. The lowest BCUT2D eigenvalue weighted by Crippen LogP contribution is -2.38. The number of hydrogen-bond donors (Lipinski definition) is 2. The van der Waals surface area contributed by atoms with Crippen molar-refractivity contribution >= 4 is 18.3 Å². The van der Waals surface area contributed by atoms with Crippen molar-refractivity contribution in [1.82, 2.24) is 5.32 Å². The highest BCUT2D eigenvalue weighted by molar-refractivity contribution is 5.85. The molecule has 0 saturated heterocycles. The second-order valence-electron chi connectivity index (χ2n) is 2.43. The van der Waals surface area contributed by atoms with E-state index in [2.05, 4.69) is 5.32 Å².